The van der Waals surface area contributed by atoms with Crippen molar-refractivity contribution in [2.45, 2.75) is 4.90 Å². The van der Waals surface area contributed by atoms with Gasteiger partial charge in [0.15, 0.2) is 5.82 Å². The Balaban J connectivity index is 1.85. The normalized spacial score (nSPS) is 15.4. The SMILES string of the molecule is CN1CCN(c2nc(N(CCF)S(=O)(=O)c3ccc(Cl)cc3)c3ccccc3n2)CC1. The number of piperazine rings is 1. The maximum Gasteiger partial charge on any atom is 0.265 e. The van der Waals surface area contributed by atoms with Crippen LogP contribution in [0.25, 0.3) is 10.9 Å². The molecule has 1 aromatic heterocycles. The van der Waals surface area contributed by atoms with Gasteiger partial charge in [0.1, 0.15) is 6.67 Å². The Hall–Kier alpha value is -2.49. The number of para-hydroxylation sites is 1. The molecular weight excluding hydrogens is 441 g/mol. The number of alkyl halides is 1. The number of benzene rings is 2. The lowest BCUT2D eigenvalue weighted by molar-refractivity contribution is 0.311. The van der Waals surface area contributed by atoms with Crippen molar-refractivity contribution < 1.29 is 12.8 Å². The van der Waals surface area contributed by atoms with E-state index in [4.69, 9.17) is 11.6 Å². The molecule has 0 unspecified atom stereocenters. The Morgan fingerprint density at radius 1 is 1.03 bits per heavy atom. The van der Waals surface area contributed by atoms with Gasteiger partial charge in [-0.05, 0) is 43.4 Å². The number of fused-ring (bicyclic) bond motifs is 1. The second-order valence-corrected chi connectivity index (χ2v) is 9.67. The molecule has 0 spiro atoms. The van der Waals surface area contributed by atoms with Crippen LogP contribution in [0.4, 0.5) is 16.2 Å². The summed E-state index contributed by atoms with van der Waals surface area (Å²) in [4.78, 5) is 13.5. The Bertz CT molecular complexity index is 1170. The number of rotatable bonds is 6. The predicted molar refractivity (Wildman–Crippen MR) is 121 cm³/mol. The molecule has 1 saturated heterocycles. The number of likely N-dealkylation sites (N-methyl/N-ethyl adjacent to an activating group) is 1. The summed E-state index contributed by atoms with van der Waals surface area (Å²) in [6.07, 6.45) is 0. The van der Waals surface area contributed by atoms with Crippen molar-refractivity contribution in [1.29, 1.82) is 0 Å². The number of halogens is 2. The molecule has 0 saturated carbocycles. The second-order valence-electron chi connectivity index (χ2n) is 7.37. The van der Waals surface area contributed by atoms with Crippen LogP contribution in [0.3, 0.4) is 0 Å². The summed E-state index contributed by atoms with van der Waals surface area (Å²) in [5, 5.41) is 0.965. The van der Waals surface area contributed by atoms with Gasteiger partial charge in [0, 0.05) is 36.6 Å². The molecular formula is C21H23ClFN5O2S. The zero-order valence-electron chi connectivity index (χ0n) is 17.1. The number of nitrogens with zero attached hydrogens (tertiary/aromatic N) is 5. The smallest absolute Gasteiger partial charge is 0.265 e. The first-order chi connectivity index (χ1) is 14.9. The molecule has 0 N–H and O–H groups in total. The molecule has 1 aliphatic rings. The van der Waals surface area contributed by atoms with E-state index >= 15 is 0 Å². The van der Waals surface area contributed by atoms with E-state index in [-0.39, 0.29) is 17.3 Å². The maximum absolute atomic E-state index is 13.6. The summed E-state index contributed by atoms with van der Waals surface area (Å²) in [5.41, 5.74) is 0.608. The molecule has 2 heterocycles. The highest BCUT2D eigenvalue weighted by Crippen LogP contribution is 2.31. The van der Waals surface area contributed by atoms with Gasteiger partial charge in [0.2, 0.25) is 5.95 Å². The Labute approximate surface area is 186 Å². The molecule has 4 rings (SSSR count). The Kier molecular flexibility index (Phi) is 6.27. The molecule has 31 heavy (non-hydrogen) atoms. The van der Waals surface area contributed by atoms with E-state index in [0.29, 0.717) is 21.9 Å². The first kappa shape index (κ1) is 21.7. The van der Waals surface area contributed by atoms with Crippen LogP contribution in [-0.4, -0.2) is 69.7 Å². The minimum absolute atomic E-state index is 0.0224. The molecule has 2 aromatic carbocycles. The highest BCUT2D eigenvalue weighted by Gasteiger charge is 2.29. The van der Waals surface area contributed by atoms with Crippen LogP contribution >= 0.6 is 11.6 Å². The van der Waals surface area contributed by atoms with Crippen LogP contribution in [0, 0.1) is 0 Å². The fourth-order valence-electron chi connectivity index (χ4n) is 3.54. The van der Waals surface area contributed by atoms with Crippen molar-refractivity contribution >= 4 is 44.3 Å². The number of hydrogen-bond acceptors (Lipinski definition) is 6. The van der Waals surface area contributed by atoms with Gasteiger partial charge in [-0.3, -0.25) is 0 Å². The van der Waals surface area contributed by atoms with E-state index in [0.717, 1.165) is 30.5 Å². The van der Waals surface area contributed by atoms with Gasteiger partial charge in [-0.25, -0.2) is 22.1 Å². The van der Waals surface area contributed by atoms with Crippen molar-refractivity contribution in [3.05, 3.63) is 53.6 Å². The fraction of sp³-hybridized carbons (Fsp3) is 0.333. The summed E-state index contributed by atoms with van der Waals surface area (Å²) in [6.45, 7) is 1.94. The molecule has 10 heteroatoms. The van der Waals surface area contributed by atoms with Gasteiger partial charge in [-0.2, -0.15) is 4.98 Å². The zero-order chi connectivity index (χ0) is 22.0. The molecule has 0 radical (unpaired) electrons. The number of anilines is 2. The van der Waals surface area contributed by atoms with Gasteiger partial charge in [0.05, 0.1) is 17.0 Å². The third kappa shape index (κ3) is 4.44. The van der Waals surface area contributed by atoms with E-state index in [1.165, 1.54) is 24.3 Å². The van der Waals surface area contributed by atoms with Crippen molar-refractivity contribution in [3.8, 4) is 0 Å². The van der Waals surface area contributed by atoms with E-state index in [1.54, 1.807) is 12.1 Å². The topological polar surface area (TPSA) is 69.6 Å². The minimum Gasteiger partial charge on any atom is -0.338 e. The van der Waals surface area contributed by atoms with Gasteiger partial charge in [0.25, 0.3) is 10.0 Å². The number of aromatic nitrogens is 2. The van der Waals surface area contributed by atoms with E-state index in [2.05, 4.69) is 14.9 Å². The van der Waals surface area contributed by atoms with Gasteiger partial charge in [-0.1, -0.05) is 23.7 Å². The molecule has 164 valence electrons. The maximum atomic E-state index is 13.6. The van der Waals surface area contributed by atoms with Crippen molar-refractivity contribution in [2.75, 3.05) is 55.7 Å². The lowest BCUT2D eigenvalue weighted by atomic mass is 10.2. The highest BCUT2D eigenvalue weighted by molar-refractivity contribution is 7.92. The minimum atomic E-state index is -4.06. The second kappa shape index (κ2) is 8.94. The average Bonchev–Trinajstić information content (AvgIpc) is 2.77. The molecule has 0 atom stereocenters. The lowest BCUT2D eigenvalue weighted by Crippen LogP contribution is -2.45. The lowest BCUT2D eigenvalue weighted by Gasteiger charge is -2.33. The summed E-state index contributed by atoms with van der Waals surface area (Å²) in [6, 6.07) is 13.0. The standard InChI is InChI=1S/C21H23ClFN5O2S/c1-26-12-14-27(15-13-26)21-24-19-5-3-2-4-18(19)20(25-21)28(11-10-23)31(29,30)17-8-6-16(22)7-9-17/h2-9H,10-15H2,1H3. The summed E-state index contributed by atoms with van der Waals surface area (Å²) in [7, 11) is -2.02. The van der Waals surface area contributed by atoms with Crippen LogP contribution in [0.15, 0.2) is 53.4 Å². The van der Waals surface area contributed by atoms with Crippen molar-refractivity contribution in [3.63, 3.8) is 0 Å². The Morgan fingerprint density at radius 3 is 2.39 bits per heavy atom. The summed E-state index contributed by atoms with van der Waals surface area (Å²) < 4.78 is 41.5. The van der Waals surface area contributed by atoms with Crippen LogP contribution in [0.1, 0.15) is 0 Å². The zero-order valence-corrected chi connectivity index (χ0v) is 18.7. The van der Waals surface area contributed by atoms with Crippen molar-refractivity contribution in [1.82, 2.24) is 14.9 Å². The quantitative estimate of drug-likeness (QED) is 0.559. The molecule has 3 aromatic rings. The number of hydrogen-bond donors (Lipinski definition) is 0. The van der Waals surface area contributed by atoms with Crippen LogP contribution in [0.5, 0.6) is 0 Å². The predicted octanol–water partition coefficient (Wildman–Crippen LogP) is 3.20. The molecule has 0 bridgehead atoms. The molecule has 1 fully saturated rings. The molecule has 0 amide bonds. The van der Waals surface area contributed by atoms with Crippen LogP contribution < -0.4 is 9.21 Å². The van der Waals surface area contributed by atoms with Crippen LogP contribution in [0.2, 0.25) is 5.02 Å². The summed E-state index contributed by atoms with van der Waals surface area (Å²) in [5.74, 6) is 0.615. The summed E-state index contributed by atoms with van der Waals surface area (Å²) >= 11 is 5.92. The largest absolute Gasteiger partial charge is 0.338 e. The van der Waals surface area contributed by atoms with E-state index in [1.807, 2.05) is 24.1 Å². The fourth-order valence-corrected chi connectivity index (χ4v) is 5.07. The Morgan fingerprint density at radius 2 is 1.71 bits per heavy atom. The molecule has 7 nitrogen and oxygen atoms in total. The van der Waals surface area contributed by atoms with E-state index < -0.39 is 16.7 Å². The number of sulfonamides is 1. The molecule has 1 aliphatic heterocycles. The van der Waals surface area contributed by atoms with Gasteiger partial charge in [-0.15, -0.1) is 0 Å². The van der Waals surface area contributed by atoms with E-state index in [9.17, 15) is 12.8 Å². The highest BCUT2D eigenvalue weighted by atomic mass is 35.5. The first-order valence-corrected chi connectivity index (χ1v) is 11.8. The van der Waals surface area contributed by atoms with Crippen molar-refractivity contribution in [2.24, 2.45) is 0 Å². The van der Waals surface area contributed by atoms with Gasteiger partial charge >= 0.3 is 0 Å². The third-order valence-corrected chi connectivity index (χ3v) is 7.34. The molecule has 0 aliphatic carbocycles. The van der Waals surface area contributed by atoms with Crippen LogP contribution in [-0.2, 0) is 10.0 Å². The van der Waals surface area contributed by atoms with Gasteiger partial charge < -0.3 is 9.80 Å². The first-order valence-electron chi connectivity index (χ1n) is 9.94. The average molecular weight is 464 g/mol. The monoisotopic (exact) mass is 463 g/mol. The third-order valence-electron chi connectivity index (χ3n) is 5.28.